The van der Waals surface area contributed by atoms with Crippen molar-refractivity contribution in [2.75, 3.05) is 0 Å². The van der Waals surface area contributed by atoms with Crippen LogP contribution in [0.2, 0.25) is 0 Å². The summed E-state index contributed by atoms with van der Waals surface area (Å²) in [6.07, 6.45) is 29.1. The maximum absolute atomic E-state index is 12.0. The van der Waals surface area contributed by atoms with Crippen LogP contribution >= 0.6 is 0 Å². The van der Waals surface area contributed by atoms with E-state index in [-0.39, 0.29) is 24.1 Å². The van der Waals surface area contributed by atoms with Gasteiger partial charge in [-0.3, -0.25) is 9.59 Å². The molecule has 1 N–H and O–H groups in total. The molecule has 0 aromatic carbocycles. The number of rotatable bonds is 28. The van der Waals surface area contributed by atoms with Crippen molar-refractivity contribution in [3.8, 4) is 0 Å². The Hall–Kier alpha value is -0.700. The summed E-state index contributed by atoms with van der Waals surface area (Å²) in [6, 6.07) is 0. The van der Waals surface area contributed by atoms with Crippen LogP contribution < -0.4 is 0 Å². The summed E-state index contributed by atoms with van der Waals surface area (Å²) in [7, 11) is 0. The number of aliphatic hydroxyl groups excluding tert-OH is 1. The minimum Gasteiger partial charge on any atom is -0.393 e. The summed E-state index contributed by atoms with van der Waals surface area (Å²) in [5.74, 6) is 0.257. The van der Waals surface area contributed by atoms with Gasteiger partial charge in [-0.15, -0.1) is 0 Å². The molecule has 0 aliphatic rings. The summed E-state index contributed by atoms with van der Waals surface area (Å²) in [5.41, 5.74) is 0. The summed E-state index contributed by atoms with van der Waals surface area (Å²) >= 11 is 0. The Morgan fingerprint density at radius 2 is 0.794 bits per heavy atom. The van der Waals surface area contributed by atoms with Crippen molar-refractivity contribution in [2.24, 2.45) is 0 Å². The molecule has 202 valence electrons. The lowest BCUT2D eigenvalue weighted by molar-refractivity contribution is -0.127. The largest absolute Gasteiger partial charge is 0.393 e. The Balaban J connectivity index is 3.34. The van der Waals surface area contributed by atoms with Crippen LogP contribution in [0.3, 0.4) is 0 Å². The maximum atomic E-state index is 12.0. The number of Topliss-reactive ketones (excluding diaryl/α,β-unsaturated/α-hetero) is 2. The van der Waals surface area contributed by atoms with Crippen molar-refractivity contribution in [2.45, 2.75) is 187 Å². The summed E-state index contributed by atoms with van der Waals surface area (Å²) in [5, 5.41) is 9.84. The molecule has 0 amide bonds. The lowest BCUT2D eigenvalue weighted by Crippen LogP contribution is -2.08. The van der Waals surface area contributed by atoms with Crippen molar-refractivity contribution in [1.29, 1.82) is 0 Å². The topological polar surface area (TPSA) is 54.4 Å². The van der Waals surface area contributed by atoms with Crippen molar-refractivity contribution < 1.29 is 14.7 Å². The third-order valence-electron chi connectivity index (χ3n) is 7.09. The monoisotopic (exact) mass is 480 g/mol. The van der Waals surface area contributed by atoms with Crippen LogP contribution in [0.5, 0.6) is 0 Å². The number of hydrogen-bond donors (Lipinski definition) is 1. The van der Waals surface area contributed by atoms with E-state index in [1.54, 1.807) is 0 Å². The zero-order chi connectivity index (χ0) is 25.1. The Labute approximate surface area is 213 Å². The fourth-order valence-electron chi connectivity index (χ4n) is 4.73. The minimum atomic E-state index is -0.154. The first-order valence-corrected chi connectivity index (χ1v) is 15.3. The fraction of sp³-hybridized carbons (Fsp3) is 0.935. The third-order valence-corrected chi connectivity index (χ3v) is 7.09. The van der Waals surface area contributed by atoms with E-state index in [9.17, 15) is 14.7 Å². The van der Waals surface area contributed by atoms with Gasteiger partial charge in [0.1, 0.15) is 11.6 Å². The van der Waals surface area contributed by atoms with Gasteiger partial charge < -0.3 is 5.11 Å². The van der Waals surface area contributed by atoms with Crippen molar-refractivity contribution in [1.82, 2.24) is 0 Å². The Morgan fingerprint density at radius 1 is 0.471 bits per heavy atom. The highest BCUT2D eigenvalue weighted by molar-refractivity contribution is 5.98. The van der Waals surface area contributed by atoms with Gasteiger partial charge in [0.25, 0.3) is 0 Å². The first-order valence-electron chi connectivity index (χ1n) is 15.3. The summed E-state index contributed by atoms with van der Waals surface area (Å²) < 4.78 is 0. The second-order valence-corrected chi connectivity index (χ2v) is 10.7. The SMILES string of the molecule is CCCCCCCCCCCCCCCCCC(=O)CC(=O)CCCCCCC(O)CCCC. The molecule has 0 aliphatic carbocycles. The van der Waals surface area contributed by atoms with Crippen molar-refractivity contribution >= 4 is 11.6 Å². The highest BCUT2D eigenvalue weighted by atomic mass is 16.3. The second-order valence-electron chi connectivity index (χ2n) is 10.7. The molecule has 0 bridgehead atoms. The van der Waals surface area contributed by atoms with E-state index in [2.05, 4.69) is 13.8 Å². The molecule has 0 radical (unpaired) electrons. The van der Waals surface area contributed by atoms with E-state index >= 15 is 0 Å². The molecule has 0 aliphatic heterocycles. The lowest BCUT2D eigenvalue weighted by atomic mass is 10.0. The number of unbranched alkanes of at least 4 members (excludes halogenated alkanes) is 18. The molecule has 0 rings (SSSR count). The first kappa shape index (κ1) is 33.3. The van der Waals surface area contributed by atoms with Gasteiger partial charge in [0.2, 0.25) is 0 Å². The predicted molar refractivity (Wildman–Crippen MR) is 147 cm³/mol. The minimum absolute atomic E-state index is 0.119. The first-order chi connectivity index (χ1) is 16.6. The van der Waals surface area contributed by atoms with Crippen molar-refractivity contribution in [3.05, 3.63) is 0 Å². The molecular weight excluding hydrogens is 420 g/mol. The molecule has 1 unspecified atom stereocenters. The predicted octanol–water partition coefficient (Wildman–Crippen LogP) is 9.67. The Bertz CT molecular complexity index is 446. The van der Waals surface area contributed by atoms with Crippen LogP contribution in [0.1, 0.15) is 181 Å². The van der Waals surface area contributed by atoms with Gasteiger partial charge in [-0.25, -0.2) is 0 Å². The molecule has 0 fully saturated rings. The molecule has 0 aromatic heterocycles. The van der Waals surface area contributed by atoms with E-state index in [1.165, 1.54) is 83.5 Å². The van der Waals surface area contributed by atoms with Crippen LogP contribution in [0, 0.1) is 0 Å². The summed E-state index contributed by atoms with van der Waals surface area (Å²) in [6.45, 7) is 4.42. The normalized spacial score (nSPS) is 12.2. The average molecular weight is 481 g/mol. The van der Waals surface area contributed by atoms with Gasteiger partial charge in [0.05, 0.1) is 12.5 Å². The van der Waals surface area contributed by atoms with Gasteiger partial charge in [0.15, 0.2) is 0 Å². The number of carbonyl (C=O) groups is 2. The van der Waals surface area contributed by atoms with Crippen LogP contribution in [0.4, 0.5) is 0 Å². The van der Waals surface area contributed by atoms with E-state index in [1.807, 2.05) is 0 Å². The van der Waals surface area contributed by atoms with E-state index in [0.717, 1.165) is 64.2 Å². The third kappa shape index (κ3) is 25.9. The Kier molecular flexibility index (Phi) is 26.3. The quantitative estimate of drug-likeness (QED) is 0.0895. The second kappa shape index (κ2) is 26.9. The highest BCUT2D eigenvalue weighted by Gasteiger charge is 2.09. The molecule has 0 saturated carbocycles. The number of aliphatic hydroxyl groups is 1. The Morgan fingerprint density at radius 3 is 1.21 bits per heavy atom. The van der Waals surface area contributed by atoms with Gasteiger partial charge in [-0.05, 0) is 25.7 Å². The number of ketones is 2. The van der Waals surface area contributed by atoms with Crippen LogP contribution in [0.25, 0.3) is 0 Å². The van der Waals surface area contributed by atoms with Gasteiger partial charge in [-0.1, -0.05) is 136 Å². The summed E-state index contributed by atoms with van der Waals surface area (Å²) in [4.78, 5) is 24.0. The highest BCUT2D eigenvalue weighted by Crippen LogP contribution is 2.15. The van der Waals surface area contributed by atoms with Gasteiger partial charge in [0, 0.05) is 12.8 Å². The van der Waals surface area contributed by atoms with E-state index in [0.29, 0.717) is 12.8 Å². The molecule has 0 spiro atoms. The molecule has 1 atom stereocenters. The number of hydrogen-bond acceptors (Lipinski definition) is 3. The maximum Gasteiger partial charge on any atom is 0.140 e. The molecule has 3 nitrogen and oxygen atoms in total. The zero-order valence-electron chi connectivity index (χ0n) is 23.2. The van der Waals surface area contributed by atoms with Gasteiger partial charge in [-0.2, -0.15) is 0 Å². The lowest BCUT2D eigenvalue weighted by Gasteiger charge is -2.09. The molecule has 0 saturated heterocycles. The number of carbonyl (C=O) groups excluding carboxylic acids is 2. The molecule has 34 heavy (non-hydrogen) atoms. The molecule has 0 aromatic rings. The van der Waals surface area contributed by atoms with Crippen molar-refractivity contribution in [3.63, 3.8) is 0 Å². The van der Waals surface area contributed by atoms with Crippen LogP contribution in [-0.2, 0) is 9.59 Å². The van der Waals surface area contributed by atoms with Gasteiger partial charge >= 0.3 is 0 Å². The van der Waals surface area contributed by atoms with E-state index in [4.69, 9.17) is 0 Å². The molecule has 0 heterocycles. The smallest absolute Gasteiger partial charge is 0.140 e. The van der Waals surface area contributed by atoms with E-state index < -0.39 is 0 Å². The average Bonchev–Trinajstić information content (AvgIpc) is 2.82. The zero-order valence-corrected chi connectivity index (χ0v) is 23.2. The molecule has 3 heteroatoms. The standard InChI is InChI=1S/C31H60O3/c1-3-5-7-8-9-10-11-12-13-14-15-16-17-18-22-26-30(33)28-31(34)27-23-20-19-21-25-29(32)24-6-4-2/h29,32H,3-28H2,1-2H3. The van der Waals surface area contributed by atoms with Crippen LogP contribution in [-0.4, -0.2) is 22.8 Å². The van der Waals surface area contributed by atoms with Crippen LogP contribution in [0.15, 0.2) is 0 Å². The fourth-order valence-corrected chi connectivity index (χ4v) is 4.73. The molecular formula is C31H60O3.